The molecule has 0 aromatic carbocycles. The van der Waals surface area contributed by atoms with Gasteiger partial charge < -0.3 is 4.74 Å². The fourth-order valence-electron chi connectivity index (χ4n) is 0.437. The largest absolute Gasteiger partial charge is 0.351 e. The Bertz CT molecular complexity index is 121. The molecule has 0 unspecified atom stereocenters. The first-order chi connectivity index (χ1) is 3.38. The van der Waals surface area contributed by atoms with Crippen molar-refractivity contribution in [3.8, 4) is 12.3 Å². The van der Waals surface area contributed by atoms with Gasteiger partial charge in [-0.2, -0.15) is 0 Å². The van der Waals surface area contributed by atoms with Gasteiger partial charge in [0.05, 0.1) is 0 Å². The van der Waals surface area contributed by atoms with Crippen LogP contribution in [0.5, 0.6) is 0 Å². The average Bonchev–Trinajstić information content (AvgIpc) is 2.43. The molecule has 1 aliphatic heterocycles. The number of epoxide rings is 1. The van der Waals surface area contributed by atoms with E-state index in [1.165, 1.54) is 0 Å². The van der Waals surface area contributed by atoms with Crippen LogP contribution < -0.4 is 0 Å². The van der Waals surface area contributed by atoms with Crippen LogP contribution in [0.15, 0.2) is 12.7 Å². The Morgan fingerprint density at radius 2 is 2.57 bits per heavy atom. The maximum absolute atomic E-state index is 4.98. The van der Waals surface area contributed by atoms with Crippen LogP contribution in [0.1, 0.15) is 0 Å². The second-order valence-electron chi connectivity index (χ2n) is 1.42. The Balaban J connectivity index is 2.34. The summed E-state index contributed by atoms with van der Waals surface area (Å²) < 4.78 is 4.86. The van der Waals surface area contributed by atoms with E-state index < -0.39 is 0 Å². The van der Waals surface area contributed by atoms with Crippen LogP contribution in [0.25, 0.3) is 0 Å². The van der Waals surface area contributed by atoms with E-state index in [0.29, 0.717) is 0 Å². The van der Waals surface area contributed by atoms with E-state index in [2.05, 4.69) is 12.5 Å². The lowest BCUT2D eigenvalue weighted by Crippen LogP contribution is -1.81. The maximum atomic E-state index is 4.98. The standard InChI is InChI=1S/C6H6O/c1-3-5-6(4-2)7-5/h1,4-6H,2H2/t5-,6-/m0/s1. The molecule has 0 saturated carbocycles. The van der Waals surface area contributed by atoms with Crippen LogP contribution in [0.3, 0.4) is 0 Å². The van der Waals surface area contributed by atoms with Crippen molar-refractivity contribution in [2.75, 3.05) is 0 Å². The quantitative estimate of drug-likeness (QED) is 0.263. The van der Waals surface area contributed by atoms with Gasteiger partial charge in [-0.15, -0.1) is 13.0 Å². The average molecular weight is 94.1 g/mol. The normalized spacial score (nSPS) is 36.4. The minimum absolute atomic E-state index is 0.0255. The van der Waals surface area contributed by atoms with E-state index in [1.54, 1.807) is 6.08 Å². The monoisotopic (exact) mass is 94.0 g/mol. The second kappa shape index (κ2) is 1.40. The molecule has 0 aromatic rings. The summed E-state index contributed by atoms with van der Waals surface area (Å²) in [4.78, 5) is 0. The van der Waals surface area contributed by atoms with Gasteiger partial charge in [0.25, 0.3) is 0 Å². The fourth-order valence-corrected chi connectivity index (χ4v) is 0.437. The Morgan fingerprint density at radius 3 is 2.71 bits per heavy atom. The Labute approximate surface area is 43.0 Å². The van der Waals surface area contributed by atoms with E-state index in [9.17, 15) is 0 Å². The van der Waals surface area contributed by atoms with Gasteiger partial charge in [-0.25, -0.2) is 0 Å². The van der Waals surface area contributed by atoms with Gasteiger partial charge in [0, 0.05) is 0 Å². The molecule has 1 heterocycles. The predicted molar refractivity (Wildman–Crippen MR) is 27.7 cm³/mol. The zero-order valence-electron chi connectivity index (χ0n) is 3.92. The smallest absolute Gasteiger partial charge is 0.148 e. The van der Waals surface area contributed by atoms with Crippen LogP contribution in [0.4, 0.5) is 0 Å². The molecule has 1 saturated heterocycles. The Kier molecular flexibility index (Phi) is 0.883. The number of terminal acetylenes is 1. The lowest BCUT2D eigenvalue weighted by atomic mass is 10.3. The van der Waals surface area contributed by atoms with Gasteiger partial charge in [0.15, 0.2) is 0 Å². The zero-order valence-corrected chi connectivity index (χ0v) is 3.92. The molecule has 1 nitrogen and oxygen atoms in total. The van der Waals surface area contributed by atoms with E-state index in [1.807, 2.05) is 0 Å². The molecule has 7 heavy (non-hydrogen) atoms. The summed E-state index contributed by atoms with van der Waals surface area (Å²) in [5.74, 6) is 2.45. The first-order valence-electron chi connectivity index (χ1n) is 2.12. The highest BCUT2D eigenvalue weighted by Gasteiger charge is 2.33. The number of hydrogen-bond donors (Lipinski definition) is 0. The van der Waals surface area contributed by atoms with Crippen molar-refractivity contribution in [1.82, 2.24) is 0 Å². The van der Waals surface area contributed by atoms with Gasteiger partial charge in [-0.1, -0.05) is 12.0 Å². The summed E-state index contributed by atoms with van der Waals surface area (Å²) in [7, 11) is 0. The van der Waals surface area contributed by atoms with E-state index in [4.69, 9.17) is 11.2 Å². The maximum Gasteiger partial charge on any atom is 0.148 e. The van der Waals surface area contributed by atoms with Crippen molar-refractivity contribution in [1.29, 1.82) is 0 Å². The number of ether oxygens (including phenoxy) is 1. The molecular weight excluding hydrogens is 88.1 g/mol. The van der Waals surface area contributed by atoms with E-state index in [-0.39, 0.29) is 12.2 Å². The fraction of sp³-hybridized carbons (Fsp3) is 0.333. The van der Waals surface area contributed by atoms with E-state index >= 15 is 0 Å². The molecule has 1 rings (SSSR count). The molecule has 0 aliphatic carbocycles. The van der Waals surface area contributed by atoms with Gasteiger partial charge in [0.2, 0.25) is 0 Å². The van der Waals surface area contributed by atoms with Crippen LogP contribution in [-0.4, -0.2) is 12.2 Å². The lowest BCUT2D eigenvalue weighted by Gasteiger charge is -1.64. The third-order valence-electron chi connectivity index (χ3n) is 0.922. The molecule has 0 radical (unpaired) electrons. The van der Waals surface area contributed by atoms with Gasteiger partial charge in [-0.05, 0) is 0 Å². The Morgan fingerprint density at radius 1 is 1.86 bits per heavy atom. The third kappa shape index (κ3) is 0.652. The van der Waals surface area contributed by atoms with Crippen LogP contribution in [0.2, 0.25) is 0 Å². The molecular formula is C6H6O. The van der Waals surface area contributed by atoms with Crippen molar-refractivity contribution < 1.29 is 4.74 Å². The summed E-state index contributed by atoms with van der Waals surface area (Å²) >= 11 is 0. The minimum atomic E-state index is 0.0255. The summed E-state index contributed by atoms with van der Waals surface area (Å²) in [5.41, 5.74) is 0. The highest BCUT2D eigenvalue weighted by atomic mass is 16.6. The summed E-state index contributed by atoms with van der Waals surface area (Å²) in [6, 6.07) is 0. The molecule has 0 aromatic heterocycles. The molecule has 0 spiro atoms. The first kappa shape index (κ1) is 4.42. The van der Waals surface area contributed by atoms with Crippen molar-refractivity contribution in [2.45, 2.75) is 12.2 Å². The minimum Gasteiger partial charge on any atom is -0.351 e. The van der Waals surface area contributed by atoms with Crippen molar-refractivity contribution in [2.24, 2.45) is 0 Å². The Hall–Kier alpha value is -0.740. The van der Waals surface area contributed by atoms with Crippen molar-refractivity contribution in [3.63, 3.8) is 0 Å². The molecule has 0 N–H and O–H groups in total. The van der Waals surface area contributed by atoms with E-state index in [0.717, 1.165) is 0 Å². The van der Waals surface area contributed by atoms with Gasteiger partial charge in [0.1, 0.15) is 12.2 Å². The highest BCUT2D eigenvalue weighted by Crippen LogP contribution is 2.20. The molecule has 36 valence electrons. The molecule has 0 amide bonds. The van der Waals surface area contributed by atoms with Crippen molar-refractivity contribution >= 4 is 0 Å². The topological polar surface area (TPSA) is 12.5 Å². The molecule has 1 aliphatic rings. The summed E-state index contributed by atoms with van der Waals surface area (Å²) in [6.07, 6.45) is 6.86. The molecule has 1 fully saturated rings. The second-order valence-corrected chi connectivity index (χ2v) is 1.42. The van der Waals surface area contributed by atoms with Gasteiger partial charge in [-0.3, -0.25) is 0 Å². The predicted octanol–water partition coefficient (Wildman–Crippen LogP) is 0.573. The summed E-state index contributed by atoms with van der Waals surface area (Å²) in [6.45, 7) is 3.50. The van der Waals surface area contributed by atoms with Crippen LogP contribution in [-0.2, 0) is 4.74 Å². The third-order valence-corrected chi connectivity index (χ3v) is 0.922. The number of rotatable bonds is 1. The lowest BCUT2D eigenvalue weighted by molar-refractivity contribution is 0.417. The van der Waals surface area contributed by atoms with Gasteiger partial charge >= 0.3 is 0 Å². The molecule has 2 atom stereocenters. The van der Waals surface area contributed by atoms with Crippen LogP contribution in [0, 0.1) is 12.3 Å². The summed E-state index contributed by atoms with van der Waals surface area (Å²) in [5, 5.41) is 0. The highest BCUT2D eigenvalue weighted by molar-refractivity contribution is 5.13. The van der Waals surface area contributed by atoms with Crippen LogP contribution >= 0.6 is 0 Å². The first-order valence-corrected chi connectivity index (χ1v) is 2.12. The molecule has 1 heteroatoms. The molecule has 0 bridgehead atoms. The zero-order chi connectivity index (χ0) is 5.28. The SMILES string of the molecule is C#C[C@@H]1O[C@H]1C=C. The van der Waals surface area contributed by atoms with Crippen molar-refractivity contribution in [3.05, 3.63) is 12.7 Å². The number of hydrogen-bond acceptors (Lipinski definition) is 1.